The third-order valence-electron chi connectivity index (χ3n) is 3.73. The van der Waals surface area contributed by atoms with Crippen molar-refractivity contribution in [2.45, 2.75) is 19.1 Å². The number of methoxy groups -OCH3 is 1. The summed E-state index contributed by atoms with van der Waals surface area (Å²) in [4.78, 5) is 0. The fraction of sp³-hybridized carbons (Fsp3) is 0.571. The predicted molar refractivity (Wildman–Crippen MR) is 69.0 cm³/mol. The largest absolute Gasteiger partial charge is 0.388 e. The summed E-state index contributed by atoms with van der Waals surface area (Å²) < 4.78 is 10.5. The molecule has 0 radical (unpaired) electrons. The lowest BCUT2D eigenvalue weighted by Crippen LogP contribution is -2.37. The van der Waals surface area contributed by atoms with Gasteiger partial charge in [0.05, 0.1) is 19.3 Å². The van der Waals surface area contributed by atoms with Crippen LogP contribution in [0.2, 0.25) is 0 Å². The van der Waals surface area contributed by atoms with Crippen molar-refractivity contribution in [1.29, 1.82) is 0 Å². The number of aliphatic hydroxyl groups excluding tert-OH is 1. The summed E-state index contributed by atoms with van der Waals surface area (Å²) in [5.41, 5.74) is 7.48. The Balaban J connectivity index is 2.14. The van der Waals surface area contributed by atoms with E-state index in [1.54, 1.807) is 7.11 Å². The highest BCUT2D eigenvalue weighted by atomic mass is 16.5. The minimum Gasteiger partial charge on any atom is -0.388 e. The smallest absolute Gasteiger partial charge is 0.0881 e. The third kappa shape index (κ3) is 2.57. The van der Waals surface area contributed by atoms with Crippen molar-refractivity contribution in [2.75, 3.05) is 26.9 Å². The van der Waals surface area contributed by atoms with Gasteiger partial charge in [-0.15, -0.1) is 0 Å². The Hall–Kier alpha value is -0.940. The summed E-state index contributed by atoms with van der Waals surface area (Å²) in [6.45, 7) is 2.23. The summed E-state index contributed by atoms with van der Waals surface area (Å²) in [5, 5.41) is 10.5. The monoisotopic (exact) mass is 251 g/mol. The number of aliphatic hydroxyl groups is 1. The molecule has 1 aliphatic heterocycles. The first-order valence-corrected chi connectivity index (χ1v) is 6.25. The van der Waals surface area contributed by atoms with Gasteiger partial charge in [0.15, 0.2) is 0 Å². The molecule has 0 saturated carbocycles. The molecule has 0 aromatic heterocycles. The van der Waals surface area contributed by atoms with E-state index >= 15 is 0 Å². The average Bonchev–Trinajstić information content (AvgIpc) is 2.89. The second-order valence-electron chi connectivity index (χ2n) is 4.95. The number of hydrogen-bond donors (Lipinski definition) is 2. The number of benzene rings is 1. The normalized spacial score (nSPS) is 25.3. The Morgan fingerprint density at radius 1 is 1.44 bits per heavy atom. The number of ether oxygens (including phenoxy) is 2. The van der Waals surface area contributed by atoms with Crippen molar-refractivity contribution >= 4 is 0 Å². The highest BCUT2D eigenvalue weighted by molar-refractivity contribution is 5.25. The molecule has 1 saturated heterocycles. The fourth-order valence-corrected chi connectivity index (χ4v) is 2.43. The van der Waals surface area contributed by atoms with Crippen molar-refractivity contribution < 1.29 is 14.6 Å². The van der Waals surface area contributed by atoms with Crippen LogP contribution in [-0.4, -0.2) is 32.0 Å². The van der Waals surface area contributed by atoms with E-state index in [0.29, 0.717) is 26.4 Å². The fourth-order valence-electron chi connectivity index (χ4n) is 2.43. The van der Waals surface area contributed by atoms with Gasteiger partial charge < -0.3 is 20.3 Å². The average molecular weight is 251 g/mol. The number of rotatable bonds is 5. The van der Waals surface area contributed by atoms with Crippen LogP contribution in [0.1, 0.15) is 23.7 Å². The maximum atomic E-state index is 10.5. The Morgan fingerprint density at radius 3 is 2.67 bits per heavy atom. The van der Waals surface area contributed by atoms with Gasteiger partial charge in [-0.3, -0.25) is 0 Å². The van der Waals surface area contributed by atoms with Gasteiger partial charge in [-0.05, 0) is 17.5 Å². The molecule has 0 amide bonds. The van der Waals surface area contributed by atoms with E-state index in [9.17, 15) is 5.11 Å². The van der Waals surface area contributed by atoms with Crippen LogP contribution in [0, 0.1) is 5.41 Å². The minimum absolute atomic E-state index is 0.331. The van der Waals surface area contributed by atoms with E-state index in [4.69, 9.17) is 15.2 Å². The van der Waals surface area contributed by atoms with Gasteiger partial charge in [-0.1, -0.05) is 24.3 Å². The molecule has 4 heteroatoms. The maximum absolute atomic E-state index is 10.5. The van der Waals surface area contributed by atoms with Gasteiger partial charge in [0.2, 0.25) is 0 Å². The third-order valence-corrected chi connectivity index (χ3v) is 3.73. The summed E-state index contributed by atoms with van der Waals surface area (Å²) in [5.74, 6) is 0. The van der Waals surface area contributed by atoms with Crippen molar-refractivity contribution in [2.24, 2.45) is 11.1 Å². The number of hydrogen-bond acceptors (Lipinski definition) is 4. The Labute approximate surface area is 108 Å². The summed E-state index contributed by atoms with van der Waals surface area (Å²) in [6, 6.07) is 7.83. The van der Waals surface area contributed by atoms with E-state index in [1.807, 2.05) is 24.3 Å². The standard InChI is InChI=1S/C14H21NO3/c1-17-8-11-2-4-12(5-3-11)13(16)14(9-15)6-7-18-10-14/h2-5,13,16H,6-10,15H2,1H3. The summed E-state index contributed by atoms with van der Waals surface area (Å²) in [6.07, 6.45) is 0.242. The Bertz CT molecular complexity index is 371. The SMILES string of the molecule is COCc1ccc(C(O)C2(CN)CCOC2)cc1. The van der Waals surface area contributed by atoms with Crippen molar-refractivity contribution in [3.63, 3.8) is 0 Å². The van der Waals surface area contributed by atoms with Gasteiger partial charge in [-0.25, -0.2) is 0 Å². The molecule has 4 nitrogen and oxygen atoms in total. The van der Waals surface area contributed by atoms with Gasteiger partial charge in [-0.2, -0.15) is 0 Å². The van der Waals surface area contributed by atoms with E-state index in [2.05, 4.69) is 0 Å². The molecule has 1 aromatic rings. The molecule has 1 fully saturated rings. The minimum atomic E-state index is -0.568. The molecular formula is C14H21NO3. The van der Waals surface area contributed by atoms with Gasteiger partial charge in [0.1, 0.15) is 0 Å². The lowest BCUT2D eigenvalue weighted by atomic mass is 9.78. The van der Waals surface area contributed by atoms with Crippen molar-refractivity contribution in [3.05, 3.63) is 35.4 Å². The van der Waals surface area contributed by atoms with Gasteiger partial charge in [0.25, 0.3) is 0 Å². The first-order chi connectivity index (χ1) is 8.72. The molecule has 100 valence electrons. The molecule has 3 N–H and O–H groups in total. The molecule has 18 heavy (non-hydrogen) atoms. The molecule has 0 bridgehead atoms. The molecular weight excluding hydrogens is 230 g/mol. The predicted octanol–water partition coefficient (Wildman–Crippen LogP) is 1.23. The molecule has 2 atom stereocenters. The lowest BCUT2D eigenvalue weighted by molar-refractivity contribution is 0.0190. The second kappa shape index (κ2) is 5.80. The second-order valence-corrected chi connectivity index (χ2v) is 4.95. The maximum Gasteiger partial charge on any atom is 0.0881 e. The molecule has 2 rings (SSSR count). The molecule has 1 aromatic carbocycles. The Kier molecular flexibility index (Phi) is 4.35. The molecule has 2 unspecified atom stereocenters. The molecule has 0 aliphatic carbocycles. The van der Waals surface area contributed by atoms with E-state index in [1.165, 1.54) is 0 Å². The topological polar surface area (TPSA) is 64.7 Å². The van der Waals surface area contributed by atoms with Crippen molar-refractivity contribution in [1.82, 2.24) is 0 Å². The quantitative estimate of drug-likeness (QED) is 0.826. The van der Waals surface area contributed by atoms with E-state index in [0.717, 1.165) is 17.5 Å². The van der Waals surface area contributed by atoms with E-state index in [-0.39, 0.29) is 5.41 Å². The van der Waals surface area contributed by atoms with Crippen LogP contribution >= 0.6 is 0 Å². The van der Waals surface area contributed by atoms with Crippen LogP contribution in [0.4, 0.5) is 0 Å². The van der Waals surface area contributed by atoms with Gasteiger partial charge in [0, 0.05) is 25.7 Å². The number of nitrogens with two attached hydrogens (primary N) is 1. The Morgan fingerprint density at radius 2 is 2.17 bits per heavy atom. The summed E-state index contributed by atoms with van der Waals surface area (Å²) >= 11 is 0. The van der Waals surface area contributed by atoms with Crippen molar-refractivity contribution in [3.8, 4) is 0 Å². The van der Waals surface area contributed by atoms with Crippen LogP contribution < -0.4 is 5.73 Å². The zero-order valence-corrected chi connectivity index (χ0v) is 10.8. The molecule has 0 spiro atoms. The van der Waals surface area contributed by atoms with Crippen LogP contribution in [-0.2, 0) is 16.1 Å². The first kappa shape index (κ1) is 13.5. The summed E-state index contributed by atoms with van der Waals surface area (Å²) in [7, 11) is 1.67. The van der Waals surface area contributed by atoms with Crippen LogP contribution in [0.25, 0.3) is 0 Å². The highest BCUT2D eigenvalue weighted by Gasteiger charge is 2.41. The van der Waals surface area contributed by atoms with Crippen LogP contribution in [0.3, 0.4) is 0 Å². The zero-order valence-electron chi connectivity index (χ0n) is 10.8. The van der Waals surface area contributed by atoms with Crippen LogP contribution in [0.15, 0.2) is 24.3 Å². The zero-order chi connectivity index (χ0) is 13.0. The van der Waals surface area contributed by atoms with E-state index < -0.39 is 6.10 Å². The first-order valence-electron chi connectivity index (χ1n) is 6.25. The lowest BCUT2D eigenvalue weighted by Gasteiger charge is -2.31. The highest BCUT2D eigenvalue weighted by Crippen LogP contribution is 2.40. The molecule has 1 aliphatic rings. The van der Waals surface area contributed by atoms with Crippen LogP contribution in [0.5, 0.6) is 0 Å². The van der Waals surface area contributed by atoms with Gasteiger partial charge >= 0.3 is 0 Å². The molecule has 1 heterocycles.